The molecule has 0 aliphatic heterocycles. The molecule has 0 aliphatic rings. The SMILES string of the molecule is FC(F)(F)n1ccnc1I. The average molecular weight is 262 g/mol. The second-order valence-electron chi connectivity index (χ2n) is 1.53. The summed E-state index contributed by atoms with van der Waals surface area (Å²) < 4.78 is 35.5. The Labute approximate surface area is 68.2 Å². The maximum absolute atomic E-state index is 11.8. The number of rotatable bonds is 0. The molecule has 0 aromatic carbocycles. The molecule has 0 unspecified atom stereocenters. The van der Waals surface area contributed by atoms with Crippen LogP contribution in [0, 0.1) is 3.83 Å². The zero-order chi connectivity index (χ0) is 7.78. The van der Waals surface area contributed by atoms with Gasteiger partial charge in [-0.1, -0.05) is 0 Å². The third-order valence-electron chi connectivity index (χ3n) is 0.869. The molecule has 0 N–H and O–H groups in total. The van der Waals surface area contributed by atoms with E-state index in [-0.39, 0.29) is 8.40 Å². The first-order valence-corrected chi connectivity index (χ1v) is 3.36. The van der Waals surface area contributed by atoms with Gasteiger partial charge < -0.3 is 0 Å². The first-order chi connectivity index (χ1) is 4.52. The number of alkyl halides is 3. The first kappa shape index (κ1) is 7.83. The highest BCUT2D eigenvalue weighted by molar-refractivity contribution is 14.1. The van der Waals surface area contributed by atoms with Gasteiger partial charge in [0.2, 0.25) is 0 Å². The minimum atomic E-state index is -4.34. The van der Waals surface area contributed by atoms with Gasteiger partial charge in [-0.2, -0.15) is 0 Å². The molecule has 0 saturated carbocycles. The molecule has 1 aromatic heterocycles. The van der Waals surface area contributed by atoms with Crippen LogP contribution in [0.15, 0.2) is 12.4 Å². The van der Waals surface area contributed by atoms with Crippen LogP contribution >= 0.6 is 22.6 Å². The van der Waals surface area contributed by atoms with E-state index in [1.54, 1.807) is 0 Å². The van der Waals surface area contributed by atoms with E-state index in [4.69, 9.17) is 0 Å². The second-order valence-corrected chi connectivity index (χ2v) is 2.50. The molecule has 56 valence electrons. The number of nitrogens with zero attached hydrogens (tertiary/aromatic N) is 2. The van der Waals surface area contributed by atoms with Crippen molar-refractivity contribution in [3.63, 3.8) is 0 Å². The molecule has 0 bridgehead atoms. The summed E-state index contributed by atoms with van der Waals surface area (Å²) in [5.41, 5.74) is 0. The predicted octanol–water partition coefficient (Wildman–Crippen LogP) is 1.96. The van der Waals surface area contributed by atoms with Crippen molar-refractivity contribution >= 4 is 22.6 Å². The maximum Gasteiger partial charge on any atom is 0.490 e. The number of imidazole rings is 1. The van der Waals surface area contributed by atoms with Crippen LogP contribution in [-0.2, 0) is 6.30 Å². The summed E-state index contributed by atoms with van der Waals surface area (Å²) in [5, 5.41) is 0. The highest BCUT2D eigenvalue weighted by Crippen LogP contribution is 2.23. The minimum Gasteiger partial charge on any atom is -0.236 e. The van der Waals surface area contributed by atoms with Crippen LogP contribution in [0.1, 0.15) is 0 Å². The maximum atomic E-state index is 11.8. The van der Waals surface area contributed by atoms with Crippen molar-refractivity contribution in [1.29, 1.82) is 0 Å². The van der Waals surface area contributed by atoms with Gasteiger partial charge in [-0.25, -0.2) is 9.55 Å². The van der Waals surface area contributed by atoms with E-state index in [9.17, 15) is 13.2 Å². The van der Waals surface area contributed by atoms with Crippen LogP contribution in [0.5, 0.6) is 0 Å². The van der Waals surface area contributed by atoms with Crippen LogP contribution in [-0.4, -0.2) is 9.55 Å². The van der Waals surface area contributed by atoms with E-state index in [2.05, 4.69) is 4.98 Å². The Morgan fingerprint density at radius 2 is 2.10 bits per heavy atom. The van der Waals surface area contributed by atoms with E-state index in [1.165, 1.54) is 22.6 Å². The van der Waals surface area contributed by atoms with Crippen molar-refractivity contribution in [2.24, 2.45) is 0 Å². The van der Waals surface area contributed by atoms with E-state index < -0.39 is 6.30 Å². The molecular formula is C4H2F3IN2. The van der Waals surface area contributed by atoms with Crippen LogP contribution < -0.4 is 0 Å². The summed E-state index contributed by atoms with van der Waals surface area (Å²) in [5.74, 6) is 0. The van der Waals surface area contributed by atoms with Gasteiger partial charge >= 0.3 is 6.30 Å². The topological polar surface area (TPSA) is 17.8 Å². The molecule has 0 aliphatic carbocycles. The Hall–Kier alpha value is -0.270. The quantitative estimate of drug-likeness (QED) is 0.653. The summed E-state index contributed by atoms with van der Waals surface area (Å²) in [6, 6.07) is 0. The molecule has 10 heavy (non-hydrogen) atoms. The molecular weight excluding hydrogens is 260 g/mol. The molecule has 0 atom stereocenters. The zero-order valence-electron chi connectivity index (χ0n) is 4.56. The third-order valence-corrected chi connectivity index (χ3v) is 1.67. The van der Waals surface area contributed by atoms with Gasteiger partial charge in [-0.05, 0) is 0 Å². The standard InChI is InChI=1S/C4H2F3IN2/c5-4(6,7)10-2-1-9-3(10)8/h1-2H. The van der Waals surface area contributed by atoms with E-state index in [0.29, 0.717) is 0 Å². The molecule has 1 rings (SSSR count). The molecule has 1 heterocycles. The predicted molar refractivity (Wildman–Crippen MR) is 36.2 cm³/mol. The van der Waals surface area contributed by atoms with Gasteiger partial charge in [-0.3, -0.25) is 0 Å². The summed E-state index contributed by atoms with van der Waals surface area (Å²) in [6.07, 6.45) is -2.36. The number of hydrogen-bond acceptors (Lipinski definition) is 1. The Morgan fingerprint density at radius 3 is 2.30 bits per heavy atom. The Kier molecular flexibility index (Phi) is 1.88. The lowest BCUT2D eigenvalue weighted by Gasteiger charge is -2.06. The van der Waals surface area contributed by atoms with Crippen LogP contribution in [0.25, 0.3) is 0 Å². The summed E-state index contributed by atoms with van der Waals surface area (Å²) >= 11 is 1.51. The lowest BCUT2D eigenvalue weighted by Crippen LogP contribution is -2.16. The van der Waals surface area contributed by atoms with Crippen LogP contribution in [0.2, 0.25) is 0 Å². The fraction of sp³-hybridized carbons (Fsp3) is 0.250. The van der Waals surface area contributed by atoms with Gasteiger partial charge in [0.05, 0.1) is 0 Å². The van der Waals surface area contributed by atoms with Gasteiger partial charge in [0.15, 0.2) is 3.83 Å². The van der Waals surface area contributed by atoms with Crippen LogP contribution in [0.4, 0.5) is 13.2 Å². The van der Waals surface area contributed by atoms with Crippen molar-refractivity contribution in [3.8, 4) is 0 Å². The van der Waals surface area contributed by atoms with Crippen molar-refractivity contribution < 1.29 is 13.2 Å². The van der Waals surface area contributed by atoms with Gasteiger partial charge in [0.25, 0.3) is 0 Å². The van der Waals surface area contributed by atoms with Crippen LogP contribution in [0.3, 0.4) is 0 Å². The Morgan fingerprint density at radius 1 is 1.50 bits per heavy atom. The smallest absolute Gasteiger partial charge is 0.236 e. The second kappa shape index (κ2) is 2.40. The lowest BCUT2D eigenvalue weighted by atomic mass is 10.9. The molecule has 0 saturated heterocycles. The van der Waals surface area contributed by atoms with Crippen molar-refractivity contribution in [1.82, 2.24) is 9.55 Å². The fourth-order valence-electron chi connectivity index (χ4n) is 0.474. The Bertz CT molecular complexity index is 229. The zero-order valence-corrected chi connectivity index (χ0v) is 6.72. The molecule has 0 fully saturated rings. The molecule has 6 heteroatoms. The Balaban J connectivity index is 3.05. The monoisotopic (exact) mass is 262 g/mol. The molecule has 1 aromatic rings. The normalized spacial score (nSPS) is 12.0. The average Bonchev–Trinajstić information content (AvgIpc) is 2.11. The van der Waals surface area contributed by atoms with Gasteiger partial charge in [0.1, 0.15) is 0 Å². The molecule has 0 amide bonds. The van der Waals surface area contributed by atoms with Crippen molar-refractivity contribution in [2.75, 3.05) is 0 Å². The van der Waals surface area contributed by atoms with Gasteiger partial charge in [0, 0.05) is 35.0 Å². The number of aromatic nitrogens is 2. The number of hydrogen-bond donors (Lipinski definition) is 0. The van der Waals surface area contributed by atoms with E-state index >= 15 is 0 Å². The fourth-order valence-corrected chi connectivity index (χ4v) is 1.07. The first-order valence-electron chi connectivity index (χ1n) is 2.28. The van der Waals surface area contributed by atoms with Gasteiger partial charge in [-0.15, -0.1) is 13.2 Å². The molecule has 0 radical (unpaired) electrons. The largest absolute Gasteiger partial charge is 0.490 e. The number of halogens is 4. The minimum absolute atomic E-state index is 0.0786. The summed E-state index contributed by atoms with van der Waals surface area (Å²) in [7, 11) is 0. The third kappa shape index (κ3) is 1.41. The van der Waals surface area contributed by atoms with E-state index in [1.807, 2.05) is 0 Å². The van der Waals surface area contributed by atoms with E-state index in [0.717, 1.165) is 12.4 Å². The van der Waals surface area contributed by atoms with Crippen molar-refractivity contribution in [3.05, 3.63) is 16.2 Å². The lowest BCUT2D eigenvalue weighted by molar-refractivity contribution is -0.205. The summed E-state index contributed by atoms with van der Waals surface area (Å²) in [6.45, 7) is 0. The highest BCUT2D eigenvalue weighted by Gasteiger charge is 2.31. The molecule has 2 nitrogen and oxygen atoms in total. The highest BCUT2D eigenvalue weighted by atomic mass is 127. The molecule has 0 spiro atoms. The summed E-state index contributed by atoms with van der Waals surface area (Å²) in [4.78, 5) is 3.41. The van der Waals surface area contributed by atoms with Crippen molar-refractivity contribution in [2.45, 2.75) is 6.30 Å².